The maximum absolute atomic E-state index is 12.2. The average molecular weight is 362 g/mol. The molecule has 3 rings (SSSR count). The molecule has 0 saturated heterocycles. The van der Waals surface area contributed by atoms with E-state index in [9.17, 15) is 9.59 Å². The Balaban J connectivity index is 1.54. The Morgan fingerprint density at radius 3 is 2.56 bits per heavy atom. The van der Waals surface area contributed by atoms with Gasteiger partial charge in [0, 0.05) is 12.8 Å². The van der Waals surface area contributed by atoms with E-state index in [0.717, 1.165) is 21.9 Å². The zero-order valence-corrected chi connectivity index (χ0v) is 15.2. The Bertz CT molecular complexity index is 948. The summed E-state index contributed by atoms with van der Waals surface area (Å²) >= 11 is 0. The van der Waals surface area contributed by atoms with Gasteiger partial charge in [-0.25, -0.2) is 0 Å². The molecular weight excluding hydrogens is 340 g/mol. The first-order valence-electron chi connectivity index (χ1n) is 8.77. The molecular formula is C22H22N2O3. The second kappa shape index (κ2) is 8.96. The van der Waals surface area contributed by atoms with Crippen molar-refractivity contribution in [2.24, 2.45) is 0 Å². The minimum absolute atomic E-state index is 0.0713. The predicted molar refractivity (Wildman–Crippen MR) is 106 cm³/mol. The van der Waals surface area contributed by atoms with Crippen LogP contribution < -0.4 is 10.6 Å². The van der Waals surface area contributed by atoms with E-state index in [1.54, 1.807) is 13.2 Å². The molecule has 5 nitrogen and oxygen atoms in total. The summed E-state index contributed by atoms with van der Waals surface area (Å²) in [6, 6.07) is 21.2. The highest BCUT2D eigenvalue weighted by molar-refractivity contribution is 5.95. The van der Waals surface area contributed by atoms with Gasteiger partial charge >= 0.3 is 0 Å². The maximum Gasteiger partial charge on any atom is 0.243 e. The SMILES string of the molecule is COCc1cccc(NC(=O)CNC(=O)Cc2cccc3ccccc23)c1. The van der Waals surface area contributed by atoms with Crippen molar-refractivity contribution in [2.45, 2.75) is 13.0 Å². The highest BCUT2D eigenvalue weighted by Crippen LogP contribution is 2.18. The summed E-state index contributed by atoms with van der Waals surface area (Å²) in [7, 11) is 1.62. The van der Waals surface area contributed by atoms with Crippen molar-refractivity contribution < 1.29 is 14.3 Å². The molecule has 0 aromatic heterocycles. The van der Waals surface area contributed by atoms with Crippen molar-refractivity contribution in [3.8, 4) is 0 Å². The number of hydrogen-bond acceptors (Lipinski definition) is 3. The topological polar surface area (TPSA) is 67.4 Å². The number of amides is 2. The highest BCUT2D eigenvalue weighted by atomic mass is 16.5. The predicted octanol–water partition coefficient (Wildman–Crippen LogP) is 3.28. The molecule has 2 amide bonds. The Morgan fingerprint density at radius 2 is 1.70 bits per heavy atom. The van der Waals surface area contributed by atoms with E-state index in [2.05, 4.69) is 10.6 Å². The van der Waals surface area contributed by atoms with Crippen molar-refractivity contribution >= 4 is 28.3 Å². The molecule has 3 aromatic rings. The lowest BCUT2D eigenvalue weighted by Gasteiger charge is -2.09. The molecule has 27 heavy (non-hydrogen) atoms. The Morgan fingerprint density at radius 1 is 0.926 bits per heavy atom. The molecule has 5 heteroatoms. The van der Waals surface area contributed by atoms with Gasteiger partial charge in [0.2, 0.25) is 11.8 Å². The van der Waals surface area contributed by atoms with Crippen LogP contribution in [-0.4, -0.2) is 25.5 Å². The summed E-state index contributed by atoms with van der Waals surface area (Å²) < 4.78 is 5.08. The fourth-order valence-electron chi connectivity index (χ4n) is 2.97. The van der Waals surface area contributed by atoms with Crippen LogP contribution in [0.15, 0.2) is 66.7 Å². The van der Waals surface area contributed by atoms with Gasteiger partial charge in [0.1, 0.15) is 0 Å². The number of methoxy groups -OCH3 is 1. The summed E-state index contributed by atoms with van der Waals surface area (Å²) in [5, 5.41) is 7.60. The normalized spacial score (nSPS) is 10.6. The first-order chi connectivity index (χ1) is 13.2. The fraction of sp³-hybridized carbons (Fsp3) is 0.182. The lowest BCUT2D eigenvalue weighted by Crippen LogP contribution is -2.33. The fourth-order valence-corrected chi connectivity index (χ4v) is 2.97. The number of nitrogens with one attached hydrogen (secondary N) is 2. The third kappa shape index (κ3) is 5.15. The molecule has 0 atom stereocenters. The number of fused-ring (bicyclic) bond motifs is 1. The quantitative estimate of drug-likeness (QED) is 0.678. The molecule has 0 bridgehead atoms. The zero-order chi connectivity index (χ0) is 19.1. The van der Waals surface area contributed by atoms with Crippen molar-refractivity contribution in [3.05, 3.63) is 77.9 Å². The summed E-state index contributed by atoms with van der Waals surface area (Å²) in [5.41, 5.74) is 2.59. The van der Waals surface area contributed by atoms with Gasteiger partial charge in [-0.2, -0.15) is 0 Å². The van der Waals surface area contributed by atoms with E-state index in [1.165, 1.54) is 0 Å². The molecule has 0 spiro atoms. The minimum atomic E-state index is -0.268. The molecule has 0 heterocycles. The molecule has 0 aliphatic carbocycles. The Kier molecular flexibility index (Phi) is 6.18. The second-order valence-corrected chi connectivity index (χ2v) is 6.27. The van der Waals surface area contributed by atoms with E-state index in [4.69, 9.17) is 4.74 Å². The Hall–Kier alpha value is -3.18. The number of carbonyl (C=O) groups is 2. The van der Waals surface area contributed by atoms with Crippen molar-refractivity contribution in [2.75, 3.05) is 19.0 Å². The van der Waals surface area contributed by atoms with Crippen molar-refractivity contribution in [1.29, 1.82) is 0 Å². The van der Waals surface area contributed by atoms with E-state index in [1.807, 2.05) is 60.7 Å². The number of benzene rings is 3. The molecule has 0 fully saturated rings. The van der Waals surface area contributed by atoms with Crippen molar-refractivity contribution in [1.82, 2.24) is 5.32 Å². The van der Waals surface area contributed by atoms with Gasteiger partial charge in [0.15, 0.2) is 0 Å². The van der Waals surface area contributed by atoms with Crippen LogP contribution in [0.1, 0.15) is 11.1 Å². The molecule has 2 N–H and O–H groups in total. The first-order valence-corrected chi connectivity index (χ1v) is 8.77. The third-order valence-corrected chi connectivity index (χ3v) is 4.20. The molecule has 138 valence electrons. The standard InChI is InChI=1S/C22H22N2O3/c1-27-15-16-6-4-10-19(12-16)24-22(26)14-23-21(25)13-18-9-5-8-17-7-2-3-11-20(17)18/h2-12H,13-15H2,1H3,(H,23,25)(H,24,26). The van der Waals surface area contributed by atoms with Crippen LogP contribution in [0.2, 0.25) is 0 Å². The monoisotopic (exact) mass is 362 g/mol. The Labute approximate surface area is 158 Å². The van der Waals surface area contributed by atoms with E-state index < -0.39 is 0 Å². The number of hydrogen-bond donors (Lipinski definition) is 2. The minimum Gasteiger partial charge on any atom is -0.380 e. The zero-order valence-electron chi connectivity index (χ0n) is 15.2. The van der Waals surface area contributed by atoms with Crippen LogP contribution in [0.25, 0.3) is 10.8 Å². The van der Waals surface area contributed by atoms with Gasteiger partial charge < -0.3 is 15.4 Å². The number of ether oxygens (including phenoxy) is 1. The lowest BCUT2D eigenvalue weighted by molar-refractivity contribution is -0.123. The number of rotatable bonds is 7. The molecule has 0 aliphatic rings. The number of anilines is 1. The van der Waals surface area contributed by atoms with Crippen LogP contribution >= 0.6 is 0 Å². The molecule has 0 radical (unpaired) electrons. The maximum atomic E-state index is 12.2. The first kappa shape index (κ1) is 18.6. The van der Waals surface area contributed by atoms with E-state index >= 15 is 0 Å². The van der Waals surface area contributed by atoms with Crippen LogP contribution in [0.4, 0.5) is 5.69 Å². The van der Waals surface area contributed by atoms with Gasteiger partial charge in [0.05, 0.1) is 19.6 Å². The van der Waals surface area contributed by atoms with Gasteiger partial charge in [-0.05, 0) is 34.0 Å². The lowest BCUT2D eigenvalue weighted by atomic mass is 10.0. The molecule has 0 saturated carbocycles. The van der Waals surface area contributed by atoms with E-state index in [0.29, 0.717) is 12.3 Å². The van der Waals surface area contributed by atoms with Gasteiger partial charge in [-0.1, -0.05) is 54.6 Å². The second-order valence-electron chi connectivity index (χ2n) is 6.27. The summed E-state index contributed by atoms with van der Waals surface area (Å²) in [5.74, 6) is -0.453. The summed E-state index contributed by atoms with van der Waals surface area (Å²) in [6.07, 6.45) is 0.234. The highest BCUT2D eigenvalue weighted by Gasteiger charge is 2.09. The largest absolute Gasteiger partial charge is 0.380 e. The molecule has 3 aromatic carbocycles. The van der Waals surface area contributed by atoms with E-state index in [-0.39, 0.29) is 24.8 Å². The van der Waals surface area contributed by atoms with Gasteiger partial charge in [-0.15, -0.1) is 0 Å². The van der Waals surface area contributed by atoms with Crippen LogP contribution in [-0.2, 0) is 27.4 Å². The van der Waals surface area contributed by atoms with Gasteiger partial charge in [-0.3, -0.25) is 9.59 Å². The molecule has 0 unspecified atom stereocenters. The average Bonchev–Trinajstić information content (AvgIpc) is 2.67. The third-order valence-electron chi connectivity index (χ3n) is 4.20. The van der Waals surface area contributed by atoms with Crippen molar-refractivity contribution in [3.63, 3.8) is 0 Å². The summed E-state index contributed by atoms with van der Waals surface area (Å²) in [6.45, 7) is 0.406. The van der Waals surface area contributed by atoms with Gasteiger partial charge in [0.25, 0.3) is 0 Å². The van der Waals surface area contributed by atoms with Crippen LogP contribution in [0.5, 0.6) is 0 Å². The summed E-state index contributed by atoms with van der Waals surface area (Å²) in [4.78, 5) is 24.3. The molecule has 0 aliphatic heterocycles. The number of carbonyl (C=O) groups excluding carboxylic acids is 2. The smallest absolute Gasteiger partial charge is 0.243 e. The van der Waals surface area contributed by atoms with Crippen LogP contribution in [0.3, 0.4) is 0 Å². The van der Waals surface area contributed by atoms with Crippen LogP contribution in [0, 0.1) is 0 Å².